The number of Topliss-reactive ketones (excluding diaryl/α,β-unsaturated/α-hetero) is 1. The van der Waals surface area contributed by atoms with Crippen LogP contribution in [-0.2, 0) is 4.74 Å². The number of hydrogen-bond acceptors (Lipinski definition) is 8. The first kappa shape index (κ1) is 22.2. The Kier molecular flexibility index (Phi) is 6.32. The number of hydrogen-bond donors (Lipinski definition) is 0. The molecule has 0 bridgehead atoms. The zero-order chi connectivity index (χ0) is 22.2. The summed E-state index contributed by atoms with van der Waals surface area (Å²) in [6.07, 6.45) is 4.81. The Labute approximate surface area is 194 Å². The molecule has 2 aliphatic rings. The number of benzene rings is 1. The van der Waals surface area contributed by atoms with Gasteiger partial charge in [-0.25, -0.2) is 14.8 Å². The van der Waals surface area contributed by atoms with Crippen LogP contribution in [0, 0.1) is 0 Å². The summed E-state index contributed by atoms with van der Waals surface area (Å²) in [5, 5.41) is 1.32. The fourth-order valence-electron chi connectivity index (χ4n) is 3.97. The molecule has 2 aliphatic heterocycles. The molecule has 0 amide bonds. The monoisotopic (exact) mass is 481 g/mol. The fraction of sp³-hybridized carbons (Fsp3) is 0.429. The average Bonchev–Trinajstić information content (AvgIpc) is 2.75. The molecule has 0 atom stereocenters. The Bertz CT molecular complexity index is 1040. The van der Waals surface area contributed by atoms with Crippen LogP contribution in [0.25, 0.3) is 0 Å². The molecule has 3 heterocycles. The van der Waals surface area contributed by atoms with Gasteiger partial charge in [-0.05, 0) is 25.3 Å². The molecule has 1 fully saturated rings. The highest BCUT2D eigenvalue weighted by Crippen LogP contribution is 2.44. The molecule has 0 aliphatic carbocycles. The Morgan fingerprint density at radius 1 is 1.32 bits per heavy atom. The molecule has 0 unspecified atom stereocenters. The summed E-state index contributed by atoms with van der Waals surface area (Å²) in [4.78, 5) is 36.0. The number of carbonyl (C=O) groups is 2. The van der Waals surface area contributed by atoms with Crippen LogP contribution < -0.4 is 9.64 Å². The van der Waals surface area contributed by atoms with Gasteiger partial charge in [-0.15, -0.1) is 0 Å². The first-order chi connectivity index (χ1) is 14.9. The third-order valence-corrected chi connectivity index (χ3v) is 6.57. The van der Waals surface area contributed by atoms with Crippen molar-refractivity contribution >= 4 is 52.5 Å². The SMILES string of the molecule is CCOC(=O)c1cnc(SC)nc1N1CCC2(CC1)CC(=O)c1cc(Cl)cc(Cl)c1O2. The maximum absolute atomic E-state index is 12.8. The van der Waals surface area contributed by atoms with Crippen molar-refractivity contribution in [2.24, 2.45) is 0 Å². The van der Waals surface area contributed by atoms with Crippen LogP contribution >= 0.6 is 35.0 Å². The lowest BCUT2D eigenvalue weighted by Gasteiger charge is -2.44. The first-order valence-corrected chi connectivity index (χ1v) is 11.9. The average molecular weight is 482 g/mol. The van der Waals surface area contributed by atoms with Gasteiger partial charge in [-0.3, -0.25) is 4.79 Å². The van der Waals surface area contributed by atoms with Gasteiger partial charge in [0, 0.05) is 37.2 Å². The van der Waals surface area contributed by atoms with Crippen molar-refractivity contribution in [2.45, 2.75) is 36.9 Å². The third-order valence-electron chi connectivity index (χ3n) is 5.51. The predicted molar refractivity (Wildman–Crippen MR) is 120 cm³/mol. The molecule has 1 aromatic carbocycles. The second-order valence-electron chi connectivity index (χ2n) is 7.45. The van der Waals surface area contributed by atoms with Gasteiger partial charge in [0.05, 0.1) is 23.6 Å². The molecule has 7 nitrogen and oxygen atoms in total. The van der Waals surface area contributed by atoms with E-state index in [0.29, 0.717) is 63.8 Å². The van der Waals surface area contributed by atoms with Gasteiger partial charge in [0.1, 0.15) is 22.7 Å². The normalized spacial score (nSPS) is 17.3. The van der Waals surface area contributed by atoms with Crippen LogP contribution in [0.4, 0.5) is 5.82 Å². The number of ketones is 1. The summed E-state index contributed by atoms with van der Waals surface area (Å²) in [5.41, 5.74) is 0.118. The minimum absolute atomic E-state index is 0.0296. The molecule has 1 aromatic heterocycles. The van der Waals surface area contributed by atoms with Crippen molar-refractivity contribution in [3.8, 4) is 5.75 Å². The Morgan fingerprint density at radius 2 is 2.06 bits per heavy atom. The maximum Gasteiger partial charge on any atom is 0.343 e. The number of halogens is 2. The second-order valence-corrected chi connectivity index (χ2v) is 9.07. The molecule has 1 spiro atoms. The van der Waals surface area contributed by atoms with Crippen molar-refractivity contribution in [2.75, 3.05) is 30.9 Å². The molecule has 2 aromatic rings. The second kappa shape index (κ2) is 8.84. The number of anilines is 1. The van der Waals surface area contributed by atoms with E-state index in [1.54, 1.807) is 19.1 Å². The van der Waals surface area contributed by atoms with E-state index in [2.05, 4.69) is 9.97 Å². The molecule has 0 radical (unpaired) electrons. The molecular formula is C21H21Cl2N3O4S. The first-order valence-electron chi connectivity index (χ1n) is 9.90. The Morgan fingerprint density at radius 3 is 2.74 bits per heavy atom. The predicted octanol–water partition coefficient (Wildman–Crippen LogP) is 4.69. The van der Waals surface area contributed by atoms with Crippen LogP contribution in [0.3, 0.4) is 0 Å². The number of ether oxygens (including phenoxy) is 2. The summed E-state index contributed by atoms with van der Waals surface area (Å²) >= 11 is 13.8. The number of rotatable bonds is 4. The van der Waals surface area contributed by atoms with E-state index in [9.17, 15) is 9.59 Å². The highest BCUT2D eigenvalue weighted by Gasteiger charge is 2.44. The Balaban J connectivity index is 1.58. The quantitative estimate of drug-likeness (QED) is 0.353. The molecule has 0 N–H and O–H groups in total. The number of aromatic nitrogens is 2. The van der Waals surface area contributed by atoms with Gasteiger partial charge in [-0.1, -0.05) is 35.0 Å². The van der Waals surface area contributed by atoms with Crippen LogP contribution in [0.2, 0.25) is 10.0 Å². The van der Waals surface area contributed by atoms with E-state index in [4.69, 9.17) is 32.7 Å². The van der Waals surface area contributed by atoms with Gasteiger partial charge >= 0.3 is 5.97 Å². The summed E-state index contributed by atoms with van der Waals surface area (Å²) in [6.45, 7) is 3.15. The maximum atomic E-state index is 12.8. The minimum Gasteiger partial charge on any atom is -0.484 e. The van der Waals surface area contributed by atoms with E-state index < -0.39 is 11.6 Å². The van der Waals surface area contributed by atoms with Crippen LogP contribution in [0.5, 0.6) is 5.75 Å². The summed E-state index contributed by atoms with van der Waals surface area (Å²) in [7, 11) is 0. The van der Waals surface area contributed by atoms with E-state index in [-0.39, 0.29) is 18.8 Å². The number of esters is 1. The number of thioether (sulfide) groups is 1. The summed E-state index contributed by atoms with van der Waals surface area (Å²) in [5.74, 6) is 0.458. The van der Waals surface area contributed by atoms with E-state index >= 15 is 0 Å². The van der Waals surface area contributed by atoms with Gasteiger partial charge < -0.3 is 14.4 Å². The standard InChI is InChI=1S/C21H21Cl2N3O4S/c1-3-29-19(28)14-11-24-20(31-2)25-18(14)26-6-4-21(5-7-26)10-16(27)13-8-12(22)9-15(23)17(13)30-21/h8-9,11H,3-7,10H2,1-2H3. The van der Waals surface area contributed by atoms with Gasteiger partial charge in [0.15, 0.2) is 10.9 Å². The molecule has 164 valence electrons. The van der Waals surface area contributed by atoms with Crippen molar-refractivity contribution in [1.82, 2.24) is 9.97 Å². The molecule has 0 saturated carbocycles. The lowest BCUT2D eigenvalue weighted by molar-refractivity contribution is 0.0231. The number of carbonyl (C=O) groups excluding carboxylic acids is 2. The molecular weight excluding hydrogens is 461 g/mol. The van der Waals surface area contributed by atoms with Crippen LogP contribution in [0.15, 0.2) is 23.5 Å². The smallest absolute Gasteiger partial charge is 0.343 e. The third kappa shape index (κ3) is 4.33. The zero-order valence-electron chi connectivity index (χ0n) is 17.1. The van der Waals surface area contributed by atoms with Gasteiger partial charge in [0.25, 0.3) is 0 Å². The molecule has 10 heteroatoms. The van der Waals surface area contributed by atoms with E-state index in [1.165, 1.54) is 18.0 Å². The fourth-order valence-corrected chi connectivity index (χ4v) is 4.83. The minimum atomic E-state index is -0.641. The van der Waals surface area contributed by atoms with Gasteiger partial charge in [0.2, 0.25) is 0 Å². The Hall–Kier alpha value is -2.03. The van der Waals surface area contributed by atoms with E-state index in [0.717, 1.165) is 0 Å². The lowest BCUT2D eigenvalue weighted by atomic mass is 9.82. The topological polar surface area (TPSA) is 81.6 Å². The molecule has 1 saturated heterocycles. The van der Waals surface area contributed by atoms with Crippen LogP contribution in [0.1, 0.15) is 46.9 Å². The largest absolute Gasteiger partial charge is 0.484 e. The summed E-state index contributed by atoms with van der Waals surface area (Å²) < 4.78 is 11.5. The van der Waals surface area contributed by atoms with Crippen molar-refractivity contribution in [3.05, 3.63) is 39.5 Å². The highest BCUT2D eigenvalue weighted by atomic mass is 35.5. The van der Waals surface area contributed by atoms with E-state index in [1.807, 2.05) is 11.2 Å². The van der Waals surface area contributed by atoms with Gasteiger partial charge in [-0.2, -0.15) is 0 Å². The van der Waals surface area contributed by atoms with Crippen molar-refractivity contribution in [1.29, 1.82) is 0 Å². The molecule has 31 heavy (non-hydrogen) atoms. The highest BCUT2D eigenvalue weighted by molar-refractivity contribution is 7.98. The van der Waals surface area contributed by atoms with Crippen molar-refractivity contribution < 1.29 is 19.1 Å². The number of nitrogens with zero attached hydrogens (tertiary/aromatic N) is 3. The molecule has 4 rings (SSSR count). The number of piperidine rings is 1. The summed E-state index contributed by atoms with van der Waals surface area (Å²) in [6, 6.07) is 3.18. The van der Waals surface area contributed by atoms with Crippen LogP contribution in [-0.4, -0.2) is 53.3 Å². The lowest BCUT2D eigenvalue weighted by Crippen LogP contribution is -2.51. The number of fused-ring (bicyclic) bond motifs is 1. The van der Waals surface area contributed by atoms with Crippen molar-refractivity contribution in [3.63, 3.8) is 0 Å². The zero-order valence-corrected chi connectivity index (χ0v) is 19.4.